The number of esters is 5. The van der Waals surface area contributed by atoms with Crippen molar-refractivity contribution in [2.24, 2.45) is 0 Å². The van der Waals surface area contributed by atoms with Gasteiger partial charge in [0.1, 0.15) is 30.5 Å². The van der Waals surface area contributed by atoms with Crippen molar-refractivity contribution in [1.82, 2.24) is 0 Å². The van der Waals surface area contributed by atoms with Gasteiger partial charge in [0.15, 0.2) is 11.5 Å². The normalized spacial score (nSPS) is 11.8. The number of rotatable bonds is 15. The number of hydrogen-bond acceptors (Lipinski definition) is 11. The van der Waals surface area contributed by atoms with Crippen molar-refractivity contribution in [3.8, 4) is 39.9 Å². The predicted octanol–water partition coefficient (Wildman–Crippen LogP) is 8.48. The lowest BCUT2D eigenvalue weighted by Crippen LogP contribution is -2.15. The summed E-state index contributed by atoms with van der Waals surface area (Å²) in [5.74, 6) is -2.69. The second-order valence-electron chi connectivity index (χ2n) is 12.1. The van der Waals surface area contributed by atoms with Gasteiger partial charge in [-0.25, -0.2) is 24.0 Å². The fourth-order valence-electron chi connectivity index (χ4n) is 4.27. The van der Waals surface area contributed by atoms with Gasteiger partial charge >= 0.3 is 29.8 Å². The van der Waals surface area contributed by atoms with Crippen molar-refractivity contribution in [1.29, 1.82) is 0 Å². The lowest BCUT2D eigenvalue weighted by Gasteiger charge is -2.17. The first-order valence-corrected chi connectivity index (χ1v) is 16.9. The molecule has 0 aromatic heterocycles. The van der Waals surface area contributed by atoms with Gasteiger partial charge in [0.2, 0.25) is 0 Å². The van der Waals surface area contributed by atoms with E-state index in [1.165, 1.54) is 12.1 Å². The van der Waals surface area contributed by atoms with Crippen LogP contribution in [0.5, 0.6) is 28.7 Å². The molecule has 11 nitrogen and oxygen atoms in total. The fourth-order valence-corrected chi connectivity index (χ4v) is 4.27. The zero-order chi connectivity index (χ0) is 40.1. The second kappa shape index (κ2) is 19.4. The maximum absolute atomic E-state index is 13.6. The molecule has 0 fully saturated rings. The summed E-state index contributed by atoms with van der Waals surface area (Å²) in [6.07, 6.45) is 3.16. The highest BCUT2D eigenvalue weighted by Crippen LogP contribution is 2.42. The van der Waals surface area contributed by atoms with E-state index in [9.17, 15) is 24.0 Å². The number of carbonyl (C=O) groups is 5. The zero-order valence-corrected chi connectivity index (χ0v) is 31.7. The predicted molar refractivity (Wildman–Crippen MR) is 204 cm³/mol. The van der Waals surface area contributed by atoms with Gasteiger partial charge in [-0.2, -0.15) is 0 Å². The quantitative estimate of drug-likeness (QED) is 0.0642. The zero-order valence-electron chi connectivity index (χ0n) is 31.7. The molecule has 11 heteroatoms. The first-order valence-electron chi connectivity index (χ1n) is 16.9. The van der Waals surface area contributed by atoms with Gasteiger partial charge in [0.25, 0.3) is 0 Å². The Hall–Kier alpha value is -6.49. The molecular weight excluding hydrogens is 692 g/mol. The standard InChI is InChI=1S/C43H44O11/c1-11-27(7)41(46)52-36-24-38(54-43(48)30(10)29(9)31-13-19-34(20-14-31)51-40(45)26(5)6)37(53-42(47)28(8)12-2)23-35(36)32-15-17-33(18-16-32)49-21-22-50-39(44)25(3)4/h11-20,23-24H,3,5,21-22H2,1-2,4,6-10H3/b27-11-,28-12-,30-29+. The van der Waals surface area contributed by atoms with Crippen molar-refractivity contribution in [3.63, 3.8) is 0 Å². The Kier molecular flexibility index (Phi) is 15.0. The van der Waals surface area contributed by atoms with E-state index in [0.29, 0.717) is 44.9 Å². The molecule has 3 aromatic carbocycles. The van der Waals surface area contributed by atoms with Crippen LogP contribution < -0.4 is 23.7 Å². The molecule has 3 aromatic rings. The van der Waals surface area contributed by atoms with E-state index in [-0.39, 0.29) is 47.2 Å². The Morgan fingerprint density at radius 1 is 0.556 bits per heavy atom. The third-order valence-electron chi connectivity index (χ3n) is 7.98. The molecule has 0 saturated heterocycles. The van der Waals surface area contributed by atoms with Crippen LogP contribution in [0, 0.1) is 0 Å². The third-order valence-corrected chi connectivity index (χ3v) is 7.98. The summed E-state index contributed by atoms with van der Waals surface area (Å²) in [5, 5.41) is 0. The Labute approximate surface area is 315 Å². The molecule has 3 rings (SSSR count). The maximum Gasteiger partial charge on any atom is 0.339 e. The summed E-state index contributed by atoms with van der Waals surface area (Å²) in [6.45, 7) is 20.1. The molecule has 0 amide bonds. The Bertz CT molecular complexity index is 2040. The van der Waals surface area contributed by atoms with Crippen LogP contribution in [-0.2, 0) is 28.7 Å². The number of benzene rings is 3. The van der Waals surface area contributed by atoms with E-state index < -0.39 is 29.8 Å². The van der Waals surface area contributed by atoms with Gasteiger partial charge in [0.05, 0.1) is 0 Å². The van der Waals surface area contributed by atoms with E-state index in [4.69, 9.17) is 28.4 Å². The molecule has 282 valence electrons. The van der Waals surface area contributed by atoms with Crippen LogP contribution in [0.3, 0.4) is 0 Å². The Balaban J connectivity index is 2.04. The lowest BCUT2D eigenvalue weighted by molar-refractivity contribution is -0.139. The van der Waals surface area contributed by atoms with Crippen molar-refractivity contribution in [3.05, 3.63) is 119 Å². The molecule has 0 bridgehead atoms. The number of hydrogen-bond donors (Lipinski definition) is 0. The van der Waals surface area contributed by atoms with Gasteiger partial charge in [0, 0.05) is 39.5 Å². The summed E-state index contributed by atoms with van der Waals surface area (Å²) in [4.78, 5) is 63.2. The summed E-state index contributed by atoms with van der Waals surface area (Å²) in [7, 11) is 0. The van der Waals surface area contributed by atoms with Gasteiger partial charge in [-0.05, 0) is 102 Å². The lowest BCUT2D eigenvalue weighted by atomic mass is 10.0. The molecular formula is C43H44O11. The van der Waals surface area contributed by atoms with E-state index >= 15 is 0 Å². The Morgan fingerprint density at radius 3 is 1.59 bits per heavy atom. The number of ether oxygens (including phenoxy) is 6. The minimum absolute atomic E-state index is 0.0187. The van der Waals surface area contributed by atoms with E-state index in [1.807, 2.05) is 0 Å². The summed E-state index contributed by atoms with van der Waals surface area (Å²) < 4.78 is 33.4. The van der Waals surface area contributed by atoms with Gasteiger partial charge in [-0.15, -0.1) is 0 Å². The van der Waals surface area contributed by atoms with Crippen LogP contribution in [-0.4, -0.2) is 43.1 Å². The van der Waals surface area contributed by atoms with Crippen molar-refractivity contribution in [2.45, 2.75) is 55.4 Å². The van der Waals surface area contributed by atoms with Crippen LogP contribution in [0.25, 0.3) is 16.7 Å². The van der Waals surface area contributed by atoms with Crippen molar-refractivity contribution < 1.29 is 52.4 Å². The van der Waals surface area contributed by atoms with Gasteiger partial charge in [-0.3, -0.25) is 0 Å². The highest BCUT2D eigenvalue weighted by Gasteiger charge is 2.23. The largest absolute Gasteiger partial charge is 0.490 e. The first-order chi connectivity index (χ1) is 25.6. The van der Waals surface area contributed by atoms with Crippen molar-refractivity contribution >= 4 is 35.4 Å². The van der Waals surface area contributed by atoms with Crippen LogP contribution in [0.15, 0.2) is 114 Å². The molecule has 0 aliphatic heterocycles. The number of allylic oxidation sites excluding steroid dienone is 3. The minimum Gasteiger partial charge on any atom is -0.490 e. The fraction of sp³-hybridized carbons (Fsp3) is 0.233. The van der Waals surface area contributed by atoms with Crippen molar-refractivity contribution in [2.75, 3.05) is 13.2 Å². The molecule has 0 saturated carbocycles. The monoisotopic (exact) mass is 736 g/mol. The maximum atomic E-state index is 13.6. The Morgan fingerprint density at radius 2 is 1.06 bits per heavy atom. The smallest absolute Gasteiger partial charge is 0.339 e. The van der Waals surface area contributed by atoms with E-state index in [2.05, 4.69) is 13.2 Å². The molecule has 0 spiro atoms. The van der Waals surface area contributed by atoms with E-state index in [1.54, 1.807) is 116 Å². The second-order valence-corrected chi connectivity index (χ2v) is 12.1. The van der Waals surface area contributed by atoms with Gasteiger partial charge in [-0.1, -0.05) is 49.6 Å². The molecule has 0 heterocycles. The summed E-state index contributed by atoms with van der Waals surface area (Å²) >= 11 is 0. The molecule has 0 aliphatic rings. The molecule has 0 radical (unpaired) electrons. The first kappa shape index (κ1) is 41.9. The van der Waals surface area contributed by atoms with Crippen LogP contribution in [0.2, 0.25) is 0 Å². The summed E-state index contributed by atoms with van der Waals surface area (Å²) in [6, 6.07) is 16.0. The molecule has 0 aliphatic carbocycles. The molecule has 0 unspecified atom stereocenters. The molecule has 0 N–H and O–H groups in total. The highest BCUT2D eigenvalue weighted by molar-refractivity contribution is 5.99. The van der Waals surface area contributed by atoms with E-state index in [0.717, 1.165) is 0 Å². The average molecular weight is 737 g/mol. The number of carbonyl (C=O) groups excluding carboxylic acids is 5. The average Bonchev–Trinajstić information content (AvgIpc) is 3.16. The molecule has 0 atom stereocenters. The topological polar surface area (TPSA) is 141 Å². The highest BCUT2D eigenvalue weighted by atomic mass is 16.6. The van der Waals surface area contributed by atoms with Crippen LogP contribution in [0.1, 0.15) is 61.0 Å². The summed E-state index contributed by atoms with van der Waals surface area (Å²) in [5.41, 5.74) is 3.47. The molecule has 54 heavy (non-hydrogen) atoms. The SMILES string of the molecule is C=C(C)C(=O)OCCOc1ccc(-c2cc(OC(=O)/C(C)=C\C)c(OC(=O)/C(C)=C(\C)c3ccc(OC(=O)C(=C)C)cc3)cc2OC(=O)/C(C)=C\C)cc1. The van der Waals surface area contributed by atoms with Crippen LogP contribution >= 0.6 is 0 Å². The minimum atomic E-state index is -0.768. The van der Waals surface area contributed by atoms with Gasteiger partial charge < -0.3 is 28.4 Å². The van der Waals surface area contributed by atoms with Crippen LogP contribution in [0.4, 0.5) is 0 Å². The third kappa shape index (κ3) is 11.5.